The highest BCUT2D eigenvalue weighted by Crippen LogP contribution is 2.23. The number of rotatable bonds is 6. The number of methoxy groups -OCH3 is 1. The molecule has 2 atom stereocenters. The first-order chi connectivity index (χ1) is 14.5. The van der Waals surface area contributed by atoms with Crippen LogP contribution >= 0.6 is 0 Å². The average Bonchev–Trinajstić information content (AvgIpc) is 2.98. The molecule has 2 heterocycles. The normalized spacial score (nSPS) is 23.2. The number of ether oxygens (including phenoxy) is 1. The molecular weight excluding hydrogens is 378 g/mol. The Balaban J connectivity index is 1.45. The molecule has 0 spiro atoms. The lowest BCUT2D eigenvalue weighted by molar-refractivity contribution is -0.138. The molecule has 1 aromatic carbocycles. The summed E-state index contributed by atoms with van der Waals surface area (Å²) in [5.74, 6) is 1.28. The van der Waals surface area contributed by atoms with Crippen molar-refractivity contribution in [2.75, 3.05) is 39.8 Å². The first kappa shape index (κ1) is 22.6. The molecule has 0 radical (unpaired) electrons. The highest BCUT2D eigenvalue weighted by atomic mass is 16.5. The van der Waals surface area contributed by atoms with Crippen LogP contribution in [0.1, 0.15) is 51.5 Å². The second-order valence-electron chi connectivity index (χ2n) is 8.79. The van der Waals surface area contributed by atoms with Gasteiger partial charge in [0.05, 0.1) is 13.7 Å². The topological polar surface area (TPSA) is 53.1 Å². The largest absolute Gasteiger partial charge is 0.497 e. The minimum Gasteiger partial charge on any atom is -0.497 e. The summed E-state index contributed by atoms with van der Waals surface area (Å²) in [6, 6.07) is 8.58. The Hall–Kier alpha value is -2.08. The van der Waals surface area contributed by atoms with Crippen molar-refractivity contribution in [1.82, 2.24) is 14.7 Å². The van der Waals surface area contributed by atoms with Crippen LogP contribution in [0.5, 0.6) is 5.75 Å². The Bertz CT molecular complexity index is 696. The summed E-state index contributed by atoms with van der Waals surface area (Å²) in [7, 11) is 1.66. The van der Waals surface area contributed by atoms with Gasteiger partial charge in [0, 0.05) is 44.7 Å². The average molecular weight is 416 g/mol. The molecule has 0 aromatic heterocycles. The number of nitrogens with zero attached hydrogens (tertiary/aromatic N) is 3. The van der Waals surface area contributed by atoms with E-state index in [-0.39, 0.29) is 11.8 Å². The Labute approximate surface area is 181 Å². The van der Waals surface area contributed by atoms with E-state index < -0.39 is 0 Å². The van der Waals surface area contributed by atoms with Gasteiger partial charge in [0.15, 0.2) is 0 Å². The predicted molar refractivity (Wildman–Crippen MR) is 119 cm³/mol. The van der Waals surface area contributed by atoms with Gasteiger partial charge in [-0.05, 0) is 63.6 Å². The lowest BCUT2D eigenvalue weighted by Gasteiger charge is -2.40. The Kier molecular flexibility index (Phi) is 8.14. The number of likely N-dealkylation sites (tertiary alicyclic amines) is 1. The highest BCUT2D eigenvalue weighted by molar-refractivity contribution is 5.79. The third kappa shape index (κ3) is 5.97. The maximum absolute atomic E-state index is 12.9. The molecule has 30 heavy (non-hydrogen) atoms. The van der Waals surface area contributed by atoms with Gasteiger partial charge in [-0.25, -0.2) is 0 Å². The number of aryl methyl sites for hydroxylation is 1. The third-order valence-electron chi connectivity index (χ3n) is 6.57. The molecule has 166 valence electrons. The van der Waals surface area contributed by atoms with Crippen molar-refractivity contribution in [1.29, 1.82) is 0 Å². The van der Waals surface area contributed by atoms with E-state index in [2.05, 4.69) is 23.6 Å². The van der Waals surface area contributed by atoms with E-state index in [1.54, 1.807) is 7.11 Å². The maximum Gasteiger partial charge on any atom is 0.237 e. The van der Waals surface area contributed by atoms with E-state index in [4.69, 9.17) is 4.74 Å². The fourth-order valence-electron chi connectivity index (χ4n) is 4.77. The van der Waals surface area contributed by atoms with E-state index in [0.717, 1.165) is 56.6 Å². The highest BCUT2D eigenvalue weighted by Gasteiger charge is 2.30. The summed E-state index contributed by atoms with van der Waals surface area (Å²) in [6.07, 6.45) is 5.61. The Morgan fingerprint density at radius 3 is 2.30 bits per heavy atom. The predicted octanol–water partition coefficient (Wildman–Crippen LogP) is 2.95. The van der Waals surface area contributed by atoms with E-state index in [9.17, 15) is 9.59 Å². The lowest BCUT2D eigenvalue weighted by Crippen LogP contribution is -2.51. The van der Waals surface area contributed by atoms with Crippen molar-refractivity contribution >= 4 is 11.8 Å². The number of hydrogen-bond acceptors (Lipinski definition) is 4. The molecule has 2 aliphatic heterocycles. The summed E-state index contributed by atoms with van der Waals surface area (Å²) in [4.78, 5) is 31.9. The molecule has 0 bridgehead atoms. The van der Waals surface area contributed by atoms with Gasteiger partial charge in [0.2, 0.25) is 11.8 Å². The van der Waals surface area contributed by atoms with Crippen LogP contribution in [0.15, 0.2) is 24.3 Å². The summed E-state index contributed by atoms with van der Waals surface area (Å²) in [5.41, 5.74) is 1.15. The van der Waals surface area contributed by atoms with Gasteiger partial charge in [0.25, 0.3) is 0 Å². The summed E-state index contributed by atoms with van der Waals surface area (Å²) in [6.45, 7) is 7.95. The van der Waals surface area contributed by atoms with E-state index in [0.29, 0.717) is 31.6 Å². The van der Waals surface area contributed by atoms with Gasteiger partial charge in [0.1, 0.15) is 5.75 Å². The van der Waals surface area contributed by atoms with Crippen molar-refractivity contribution in [3.8, 4) is 5.75 Å². The number of benzene rings is 1. The van der Waals surface area contributed by atoms with Gasteiger partial charge >= 0.3 is 0 Å². The number of carbonyl (C=O) groups is 2. The second kappa shape index (κ2) is 10.8. The van der Waals surface area contributed by atoms with Gasteiger partial charge in [-0.15, -0.1) is 0 Å². The van der Waals surface area contributed by atoms with Crippen LogP contribution in [-0.4, -0.2) is 78.4 Å². The molecule has 2 saturated heterocycles. The van der Waals surface area contributed by atoms with Crippen LogP contribution in [0.2, 0.25) is 0 Å². The van der Waals surface area contributed by atoms with Crippen molar-refractivity contribution in [2.45, 2.75) is 64.5 Å². The lowest BCUT2D eigenvalue weighted by atomic mass is 9.97. The quantitative estimate of drug-likeness (QED) is 0.717. The first-order valence-electron chi connectivity index (χ1n) is 11.4. The molecule has 0 N–H and O–H groups in total. The molecule has 0 saturated carbocycles. The minimum absolute atomic E-state index is 0.206. The molecule has 2 amide bonds. The fraction of sp³-hybridized carbons (Fsp3) is 0.667. The molecule has 6 heteroatoms. The van der Waals surface area contributed by atoms with E-state index in [1.807, 2.05) is 29.2 Å². The Morgan fingerprint density at radius 1 is 0.933 bits per heavy atom. The third-order valence-corrected chi connectivity index (χ3v) is 6.57. The van der Waals surface area contributed by atoms with Crippen LogP contribution in [0.4, 0.5) is 0 Å². The van der Waals surface area contributed by atoms with E-state index >= 15 is 0 Å². The van der Waals surface area contributed by atoms with E-state index in [1.165, 1.54) is 6.42 Å². The number of amides is 2. The zero-order valence-electron chi connectivity index (χ0n) is 18.8. The molecule has 3 rings (SSSR count). The minimum atomic E-state index is 0.206. The standard InChI is InChI=1S/C24H37N3O3/c1-19-6-4-7-20(2)27(19)24(29)18-25-14-5-15-26(17-16-25)23(28)13-10-21-8-11-22(30-3)12-9-21/h8-9,11-12,19-20H,4-7,10,13-18H2,1-3H3. The maximum atomic E-state index is 12.9. The zero-order chi connectivity index (χ0) is 21.5. The Morgan fingerprint density at radius 2 is 1.63 bits per heavy atom. The molecule has 2 aliphatic rings. The van der Waals surface area contributed by atoms with Gasteiger partial charge < -0.3 is 14.5 Å². The zero-order valence-corrected chi connectivity index (χ0v) is 18.8. The molecule has 6 nitrogen and oxygen atoms in total. The summed E-state index contributed by atoms with van der Waals surface area (Å²) in [5, 5.41) is 0. The molecule has 2 unspecified atom stereocenters. The first-order valence-corrected chi connectivity index (χ1v) is 11.4. The fourth-order valence-corrected chi connectivity index (χ4v) is 4.77. The van der Waals surface area contributed by atoms with Crippen LogP contribution in [-0.2, 0) is 16.0 Å². The van der Waals surface area contributed by atoms with Crippen molar-refractivity contribution in [2.24, 2.45) is 0 Å². The van der Waals surface area contributed by atoms with Gasteiger partial charge in [-0.2, -0.15) is 0 Å². The van der Waals surface area contributed by atoms with Crippen LogP contribution in [0.3, 0.4) is 0 Å². The van der Waals surface area contributed by atoms with Crippen LogP contribution < -0.4 is 4.74 Å². The molecular formula is C24H37N3O3. The number of carbonyl (C=O) groups excluding carboxylic acids is 2. The summed E-state index contributed by atoms with van der Waals surface area (Å²) >= 11 is 0. The van der Waals surface area contributed by atoms with Gasteiger partial charge in [-0.3, -0.25) is 14.5 Å². The van der Waals surface area contributed by atoms with Gasteiger partial charge in [-0.1, -0.05) is 12.1 Å². The summed E-state index contributed by atoms with van der Waals surface area (Å²) < 4.78 is 5.18. The molecule has 2 fully saturated rings. The monoisotopic (exact) mass is 415 g/mol. The second-order valence-corrected chi connectivity index (χ2v) is 8.79. The molecule has 1 aromatic rings. The smallest absolute Gasteiger partial charge is 0.237 e. The van der Waals surface area contributed by atoms with Crippen LogP contribution in [0, 0.1) is 0 Å². The molecule has 0 aliphatic carbocycles. The van der Waals surface area contributed by atoms with Crippen molar-refractivity contribution in [3.63, 3.8) is 0 Å². The number of piperidine rings is 1. The van der Waals surface area contributed by atoms with Crippen LogP contribution in [0.25, 0.3) is 0 Å². The SMILES string of the molecule is COc1ccc(CCC(=O)N2CCCN(CC(=O)N3C(C)CCCC3C)CC2)cc1. The van der Waals surface area contributed by atoms with Crippen molar-refractivity contribution < 1.29 is 14.3 Å². The van der Waals surface area contributed by atoms with Crippen molar-refractivity contribution in [3.05, 3.63) is 29.8 Å². The number of hydrogen-bond donors (Lipinski definition) is 0.